The van der Waals surface area contributed by atoms with Gasteiger partial charge in [0.05, 0.1) is 19.8 Å². The number of fused-ring (bicyclic) bond motifs is 1. The Kier molecular flexibility index (Phi) is 6.50. The molecule has 0 bridgehead atoms. The molecule has 2 aromatic rings. The lowest BCUT2D eigenvalue weighted by molar-refractivity contribution is -0.231. The molecular weight excluding hydrogens is 400 g/mol. The molecule has 0 unspecified atom stereocenters. The van der Waals surface area contributed by atoms with Crippen molar-refractivity contribution in [2.24, 2.45) is 0 Å². The monoisotopic (exact) mass is 430 g/mol. The number of hydrogen-bond acceptors (Lipinski definition) is 7. The molecule has 0 saturated carbocycles. The Morgan fingerprint density at radius 3 is 2.48 bits per heavy atom. The Morgan fingerprint density at radius 1 is 1.06 bits per heavy atom. The van der Waals surface area contributed by atoms with Gasteiger partial charge in [-0.3, -0.25) is 0 Å². The summed E-state index contributed by atoms with van der Waals surface area (Å²) in [4.78, 5) is 0. The van der Waals surface area contributed by atoms with E-state index < -0.39 is 37.1 Å². The van der Waals surface area contributed by atoms with Gasteiger partial charge in [-0.15, -0.1) is 0 Å². The van der Waals surface area contributed by atoms with Crippen molar-refractivity contribution < 1.29 is 34.6 Å². The number of ether oxygens (including phenoxy) is 3. The van der Waals surface area contributed by atoms with Crippen LogP contribution in [0.5, 0.6) is 11.5 Å². The van der Waals surface area contributed by atoms with Gasteiger partial charge in [-0.25, -0.2) is 0 Å². The van der Waals surface area contributed by atoms with Gasteiger partial charge in [0.25, 0.3) is 0 Å². The van der Waals surface area contributed by atoms with Crippen LogP contribution in [0, 0.1) is 6.92 Å². The van der Waals surface area contributed by atoms with Crippen LogP contribution in [0.15, 0.2) is 30.3 Å². The maximum atomic E-state index is 10.6. The van der Waals surface area contributed by atoms with Gasteiger partial charge >= 0.3 is 0 Å². The highest BCUT2D eigenvalue weighted by molar-refractivity contribution is 5.54. The fourth-order valence-electron chi connectivity index (χ4n) is 4.51. The first-order valence-corrected chi connectivity index (χ1v) is 10.7. The molecule has 168 valence electrons. The van der Waals surface area contributed by atoms with Gasteiger partial charge in [-0.1, -0.05) is 12.1 Å². The van der Waals surface area contributed by atoms with Crippen LogP contribution in [0.4, 0.5) is 0 Å². The number of benzene rings is 2. The third-order valence-electron chi connectivity index (χ3n) is 6.21. The lowest BCUT2D eigenvalue weighted by atomic mass is 9.85. The Balaban J connectivity index is 1.69. The Bertz CT molecular complexity index is 909. The van der Waals surface area contributed by atoms with Crippen molar-refractivity contribution in [3.63, 3.8) is 0 Å². The summed E-state index contributed by atoms with van der Waals surface area (Å²) in [7, 11) is 0. The van der Waals surface area contributed by atoms with Crippen molar-refractivity contribution in [2.45, 2.75) is 57.2 Å². The van der Waals surface area contributed by atoms with Crippen LogP contribution < -0.4 is 9.47 Å². The molecule has 5 atom stereocenters. The molecule has 0 aliphatic carbocycles. The molecule has 0 amide bonds. The minimum atomic E-state index is -1.41. The van der Waals surface area contributed by atoms with Crippen molar-refractivity contribution in [3.05, 3.63) is 58.1 Å². The summed E-state index contributed by atoms with van der Waals surface area (Å²) in [5, 5.41) is 40.6. The molecule has 4 N–H and O–H groups in total. The van der Waals surface area contributed by atoms with E-state index in [1.165, 1.54) is 0 Å². The summed E-state index contributed by atoms with van der Waals surface area (Å²) in [6.45, 7) is 4.64. The highest BCUT2D eigenvalue weighted by Crippen LogP contribution is 2.41. The molecule has 4 rings (SSSR count). The average Bonchev–Trinajstić information content (AvgIpc) is 3.27. The molecule has 1 saturated heterocycles. The molecule has 0 spiro atoms. The minimum absolute atomic E-state index is 0.451. The van der Waals surface area contributed by atoms with E-state index in [9.17, 15) is 20.4 Å². The highest BCUT2D eigenvalue weighted by atomic mass is 16.5. The van der Waals surface area contributed by atoms with Gasteiger partial charge in [0.2, 0.25) is 0 Å². The van der Waals surface area contributed by atoms with Crippen LogP contribution in [0.25, 0.3) is 0 Å². The molecule has 2 aromatic carbocycles. The average molecular weight is 430 g/mol. The second-order valence-corrected chi connectivity index (χ2v) is 8.16. The van der Waals surface area contributed by atoms with Gasteiger partial charge in [-0.05, 0) is 54.3 Å². The zero-order valence-corrected chi connectivity index (χ0v) is 17.8. The highest BCUT2D eigenvalue weighted by Gasteiger charge is 2.45. The molecule has 1 fully saturated rings. The van der Waals surface area contributed by atoms with Gasteiger partial charge < -0.3 is 34.6 Å². The van der Waals surface area contributed by atoms with E-state index >= 15 is 0 Å². The number of hydrogen-bond donors (Lipinski definition) is 4. The zero-order chi connectivity index (χ0) is 22.1. The van der Waals surface area contributed by atoms with Crippen molar-refractivity contribution in [1.82, 2.24) is 0 Å². The van der Waals surface area contributed by atoms with Crippen LogP contribution in [0.2, 0.25) is 0 Å². The van der Waals surface area contributed by atoms with Crippen molar-refractivity contribution in [1.29, 1.82) is 0 Å². The summed E-state index contributed by atoms with van der Waals surface area (Å²) >= 11 is 0. The predicted octanol–water partition coefficient (Wildman–Crippen LogP) is 1.43. The summed E-state index contributed by atoms with van der Waals surface area (Å²) < 4.78 is 17.3. The van der Waals surface area contributed by atoms with Crippen molar-refractivity contribution >= 4 is 0 Å². The quantitative estimate of drug-likeness (QED) is 0.549. The van der Waals surface area contributed by atoms with Crippen molar-refractivity contribution in [3.8, 4) is 11.5 Å². The molecule has 7 heteroatoms. The lowest BCUT2D eigenvalue weighted by Crippen LogP contribution is -2.55. The number of aliphatic hydroxyl groups is 4. The van der Waals surface area contributed by atoms with E-state index in [4.69, 9.17) is 14.2 Å². The molecule has 2 heterocycles. The maximum Gasteiger partial charge on any atom is 0.126 e. The normalized spacial score (nSPS) is 27.6. The second kappa shape index (κ2) is 9.14. The lowest BCUT2D eigenvalue weighted by Gasteiger charge is -2.41. The predicted molar refractivity (Wildman–Crippen MR) is 114 cm³/mol. The van der Waals surface area contributed by atoms with E-state index in [-0.39, 0.29) is 0 Å². The molecule has 7 nitrogen and oxygen atoms in total. The minimum Gasteiger partial charge on any atom is -0.494 e. The summed E-state index contributed by atoms with van der Waals surface area (Å²) in [5.41, 5.74) is 4.80. The van der Waals surface area contributed by atoms with Crippen LogP contribution in [0.1, 0.15) is 40.8 Å². The van der Waals surface area contributed by atoms with Crippen LogP contribution in [0.3, 0.4) is 0 Å². The number of rotatable bonds is 6. The Morgan fingerprint density at radius 2 is 1.81 bits per heavy atom. The maximum absolute atomic E-state index is 10.6. The molecule has 2 aliphatic rings. The van der Waals surface area contributed by atoms with E-state index in [0.29, 0.717) is 19.6 Å². The summed E-state index contributed by atoms with van der Waals surface area (Å²) in [6, 6.07) is 9.85. The van der Waals surface area contributed by atoms with Gasteiger partial charge in [-0.2, -0.15) is 0 Å². The summed E-state index contributed by atoms with van der Waals surface area (Å²) in [5.74, 6) is 1.68. The van der Waals surface area contributed by atoms with E-state index in [1.54, 1.807) is 0 Å². The largest absolute Gasteiger partial charge is 0.494 e. The number of aliphatic hydroxyl groups excluding tert-OH is 4. The Hall–Kier alpha value is -2.16. The first-order valence-electron chi connectivity index (χ1n) is 10.7. The molecule has 0 radical (unpaired) electrons. The Labute approximate surface area is 181 Å². The van der Waals surface area contributed by atoms with Gasteiger partial charge in [0.15, 0.2) is 0 Å². The molecular formula is C24H30O7. The smallest absolute Gasteiger partial charge is 0.126 e. The first kappa shape index (κ1) is 22.0. The molecule has 2 aliphatic heterocycles. The zero-order valence-electron chi connectivity index (χ0n) is 17.8. The fourth-order valence-corrected chi connectivity index (χ4v) is 4.51. The fraction of sp³-hybridized carbons (Fsp3) is 0.500. The SMILES string of the molecule is CCOc1ccc(Cc2cc([C@@H]3O[C@H](CO)[C@@H](O)[C@H](O)[C@H]3O)c(C)c3c2OCC3)cc1. The topological polar surface area (TPSA) is 109 Å². The van der Waals surface area contributed by atoms with Crippen LogP contribution in [-0.4, -0.2) is 64.7 Å². The second-order valence-electron chi connectivity index (χ2n) is 8.16. The third kappa shape index (κ3) is 4.16. The molecule has 31 heavy (non-hydrogen) atoms. The molecule has 0 aromatic heterocycles. The van der Waals surface area contributed by atoms with E-state index in [2.05, 4.69) is 0 Å². The van der Waals surface area contributed by atoms with Crippen molar-refractivity contribution in [2.75, 3.05) is 19.8 Å². The third-order valence-corrected chi connectivity index (χ3v) is 6.21. The standard InChI is InChI=1S/C24H30O7/c1-3-29-16-6-4-14(5-7-16)10-15-11-18(13(2)17-8-9-30-23(15)17)24-22(28)21(27)20(26)19(12-25)31-24/h4-7,11,19-22,24-28H,3,8-10,12H2,1-2H3/t19-,20-,21+,22-,24+/m1/s1. The van der Waals surface area contributed by atoms with Gasteiger partial charge in [0, 0.05) is 18.4 Å². The van der Waals surface area contributed by atoms with Gasteiger partial charge in [0.1, 0.15) is 42.0 Å². The first-order chi connectivity index (χ1) is 14.9. The van der Waals surface area contributed by atoms with Crippen LogP contribution >= 0.6 is 0 Å². The van der Waals surface area contributed by atoms with E-state index in [1.807, 2.05) is 44.2 Å². The van der Waals surface area contributed by atoms with Crippen LogP contribution in [-0.2, 0) is 17.6 Å². The van der Waals surface area contributed by atoms with E-state index in [0.717, 1.165) is 45.7 Å². The summed E-state index contributed by atoms with van der Waals surface area (Å²) in [6.07, 6.45) is -4.52.